The second kappa shape index (κ2) is 8.28. The van der Waals surface area contributed by atoms with Crippen LogP contribution >= 0.6 is 11.8 Å². The summed E-state index contributed by atoms with van der Waals surface area (Å²) in [5, 5.41) is 7.43. The number of hydrogen-bond donors (Lipinski definition) is 2. The second-order valence-electron chi connectivity index (χ2n) is 6.56. The topological polar surface area (TPSA) is 41.1 Å². The molecule has 2 aliphatic rings. The highest BCUT2D eigenvalue weighted by Gasteiger charge is 2.25. The van der Waals surface area contributed by atoms with Crippen LogP contribution in [0.2, 0.25) is 0 Å². The van der Waals surface area contributed by atoms with Gasteiger partial charge in [0.15, 0.2) is 0 Å². The Bertz CT molecular complexity index is 299. The smallest absolute Gasteiger partial charge is 0.220 e. The molecule has 0 unspecified atom stereocenters. The third-order valence-corrected chi connectivity index (χ3v) is 6.12. The number of amides is 1. The summed E-state index contributed by atoms with van der Waals surface area (Å²) in [6.45, 7) is 4.49. The molecular weight excluding hydrogens is 268 g/mol. The molecule has 3 atom stereocenters. The molecule has 1 saturated carbocycles. The van der Waals surface area contributed by atoms with E-state index in [4.69, 9.17) is 0 Å². The zero-order valence-corrected chi connectivity index (χ0v) is 13.8. The third-order valence-electron chi connectivity index (χ3n) is 5.02. The highest BCUT2D eigenvalue weighted by molar-refractivity contribution is 7.99. The Labute approximate surface area is 128 Å². The fourth-order valence-electron chi connectivity index (χ4n) is 3.65. The van der Waals surface area contributed by atoms with Crippen LogP contribution in [-0.4, -0.2) is 36.5 Å². The van der Waals surface area contributed by atoms with Gasteiger partial charge in [0, 0.05) is 17.7 Å². The van der Waals surface area contributed by atoms with Crippen LogP contribution in [0.4, 0.5) is 0 Å². The summed E-state index contributed by atoms with van der Waals surface area (Å²) in [6, 6.07) is 0.425. The van der Waals surface area contributed by atoms with Crippen molar-refractivity contribution in [3.8, 4) is 0 Å². The Morgan fingerprint density at radius 1 is 1.30 bits per heavy atom. The number of carbonyl (C=O) groups excluding carboxylic acids is 1. The summed E-state index contributed by atoms with van der Waals surface area (Å²) in [6.07, 6.45) is 10.3. The molecule has 0 aromatic carbocycles. The largest absolute Gasteiger partial charge is 0.353 e. The SMILES string of the molecule is CS[C@@H]1CCC[C@@H](NC(=O)C[C@@H](C)C2CCNCC2)C1. The first-order valence-electron chi connectivity index (χ1n) is 8.22. The van der Waals surface area contributed by atoms with E-state index in [9.17, 15) is 4.79 Å². The molecule has 116 valence electrons. The van der Waals surface area contributed by atoms with Crippen LogP contribution in [0.3, 0.4) is 0 Å². The number of carbonyl (C=O) groups is 1. The van der Waals surface area contributed by atoms with Crippen LogP contribution in [0.1, 0.15) is 51.9 Å². The zero-order chi connectivity index (χ0) is 14.4. The first-order valence-corrected chi connectivity index (χ1v) is 9.50. The first-order chi connectivity index (χ1) is 9.69. The van der Waals surface area contributed by atoms with E-state index in [1.807, 2.05) is 11.8 Å². The highest BCUT2D eigenvalue weighted by Crippen LogP contribution is 2.28. The normalized spacial score (nSPS) is 29.9. The molecule has 20 heavy (non-hydrogen) atoms. The maximum Gasteiger partial charge on any atom is 0.220 e. The third kappa shape index (κ3) is 4.96. The molecule has 2 fully saturated rings. The van der Waals surface area contributed by atoms with Crippen LogP contribution in [0, 0.1) is 11.8 Å². The lowest BCUT2D eigenvalue weighted by Gasteiger charge is -2.31. The van der Waals surface area contributed by atoms with Crippen molar-refractivity contribution in [3.05, 3.63) is 0 Å². The summed E-state index contributed by atoms with van der Waals surface area (Å²) in [5.41, 5.74) is 0. The van der Waals surface area contributed by atoms with E-state index in [0.717, 1.165) is 30.7 Å². The Kier molecular flexibility index (Phi) is 6.69. The molecule has 2 N–H and O–H groups in total. The number of nitrogens with one attached hydrogen (secondary N) is 2. The molecule has 2 rings (SSSR count). The lowest BCUT2D eigenvalue weighted by Crippen LogP contribution is -2.40. The fraction of sp³-hybridized carbons (Fsp3) is 0.938. The van der Waals surface area contributed by atoms with E-state index in [1.165, 1.54) is 32.1 Å². The number of hydrogen-bond acceptors (Lipinski definition) is 3. The minimum absolute atomic E-state index is 0.280. The van der Waals surface area contributed by atoms with Crippen molar-refractivity contribution in [3.63, 3.8) is 0 Å². The molecular formula is C16H30N2OS. The molecule has 0 spiro atoms. The lowest BCUT2D eigenvalue weighted by atomic mass is 9.84. The summed E-state index contributed by atoms with van der Waals surface area (Å²) < 4.78 is 0. The van der Waals surface area contributed by atoms with E-state index >= 15 is 0 Å². The van der Waals surface area contributed by atoms with Crippen LogP contribution < -0.4 is 10.6 Å². The summed E-state index contributed by atoms with van der Waals surface area (Å²) in [5.74, 6) is 1.53. The average molecular weight is 298 g/mol. The van der Waals surface area contributed by atoms with Gasteiger partial charge < -0.3 is 10.6 Å². The van der Waals surface area contributed by atoms with Crippen LogP contribution in [0.25, 0.3) is 0 Å². The van der Waals surface area contributed by atoms with Gasteiger partial charge in [0.05, 0.1) is 0 Å². The average Bonchev–Trinajstić information content (AvgIpc) is 2.48. The van der Waals surface area contributed by atoms with E-state index < -0.39 is 0 Å². The van der Waals surface area contributed by atoms with Crippen molar-refractivity contribution in [2.45, 2.75) is 63.2 Å². The van der Waals surface area contributed by atoms with Crippen LogP contribution in [0.15, 0.2) is 0 Å². The van der Waals surface area contributed by atoms with Gasteiger partial charge in [-0.25, -0.2) is 0 Å². The minimum Gasteiger partial charge on any atom is -0.353 e. The van der Waals surface area contributed by atoms with Crippen LogP contribution in [-0.2, 0) is 4.79 Å². The maximum absolute atomic E-state index is 12.2. The molecule has 1 saturated heterocycles. The summed E-state index contributed by atoms with van der Waals surface area (Å²) in [7, 11) is 0. The molecule has 3 nitrogen and oxygen atoms in total. The van der Waals surface area contributed by atoms with Gasteiger partial charge in [0.1, 0.15) is 0 Å². The van der Waals surface area contributed by atoms with Crippen molar-refractivity contribution in [2.75, 3.05) is 19.3 Å². The van der Waals surface area contributed by atoms with Gasteiger partial charge in [-0.2, -0.15) is 11.8 Å². The van der Waals surface area contributed by atoms with Gasteiger partial charge in [-0.1, -0.05) is 13.3 Å². The molecule has 0 radical (unpaired) electrons. The quantitative estimate of drug-likeness (QED) is 0.820. The molecule has 1 aliphatic carbocycles. The molecule has 1 amide bonds. The summed E-state index contributed by atoms with van der Waals surface area (Å²) >= 11 is 1.95. The van der Waals surface area contributed by atoms with Crippen molar-refractivity contribution in [2.24, 2.45) is 11.8 Å². The lowest BCUT2D eigenvalue weighted by molar-refractivity contribution is -0.123. The predicted octanol–water partition coefficient (Wildman–Crippen LogP) is 2.80. The van der Waals surface area contributed by atoms with Gasteiger partial charge in [0.25, 0.3) is 0 Å². The molecule has 0 aromatic rings. The van der Waals surface area contributed by atoms with Crippen molar-refractivity contribution in [1.82, 2.24) is 10.6 Å². The molecule has 0 bridgehead atoms. The van der Waals surface area contributed by atoms with Crippen molar-refractivity contribution in [1.29, 1.82) is 0 Å². The van der Waals surface area contributed by atoms with Gasteiger partial charge in [-0.3, -0.25) is 4.79 Å². The molecule has 1 heterocycles. The van der Waals surface area contributed by atoms with E-state index in [2.05, 4.69) is 23.8 Å². The standard InChI is InChI=1S/C16H30N2OS/c1-12(13-6-8-17-9-7-13)10-16(19)18-14-4-3-5-15(11-14)20-2/h12-15,17H,3-11H2,1-2H3,(H,18,19)/t12-,14-,15-/m1/s1. The molecule has 1 aliphatic heterocycles. The van der Waals surface area contributed by atoms with Gasteiger partial charge in [-0.15, -0.1) is 0 Å². The summed E-state index contributed by atoms with van der Waals surface area (Å²) in [4.78, 5) is 12.2. The highest BCUT2D eigenvalue weighted by atomic mass is 32.2. The Balaban J connectivity index is 1.71. The fourth-order valence-corrected chi connectivity index (χ4v) is 4.48. The first kappa shape index (κ1) is 16.2. The van der Waals surface area contributed by atoms with E-state index in [0.29, 0.717) is 18.4 Å². The zero-order valence-electron chi connectivity index (χ0n) is 13.0. The second-order valence-corrected chi connectivity index (χ2v) is 7.70. The monoisotopic (exact) mass is 298 g/mol. The van der Waals surface area contributed by atoms with Crippen molar-refractivity contribution >= 4 is 17.7 Å². The minimum atomic E-state index is 0.280. The maximum atomic E-state index is 12.2. The Morgan fingerprint density at radius 3 is 2.75 bits per heavy atom. The van der Waals surface area contributed by atoms with Crippen LogP contribution in [0.5, 0.6) is 0 Å². The van der Waals surface area contributed by atoms with E-state index in [1.54, 1.807) is 0 Å². The van der Waals surface area contributed by atoms with Crippen molar-refractivity contribution < 1.29 is 4.79 Å². The predicted molar refractivity (Wildman–Crippen MR) is 87.1 cm³/mol. The van der Waals surface area contributed by atoms with Gasteiger partial charge >= 0.3 is 0 Å². The van der Waals surface area contributed by atoms with Gasteiger partial charge in [-0.05, 0) is 63.3 Å². The Hall–Kier alpha value is -0.220. The van der Waals surface area contributed by atoms with E-state index in [-0.39, 0.29) is 5.91 Å². The molecule has 0 aromatic heterocycles. The Morgan fingerprint density at radius 2 is 2.05 bits per heavy atom. The molecule has 4 heteroatoms. The number of thioether (sulfide) groups is 1. The number of piperidine rings is 1. The number of rotatable bonds is 5. The van der Waals surface area contributed by atoms with Gasteiger partial charge in [0.2, 0.25) is 5.91 Å².